The first-order valence-corrected chi connectivity index (χ1v) is 7.53. The van der Waals surface area contributed by atoms with Crippen LogP contribution in [0.1, 0.15) is 36.7 Å². The number of imidazole rings is 1. The summed E-state index contributed by atoms with van der Waals surface area (Å²) < 4.78 is 39.6. The van der Waals surface area contributed by atoms with Crippen LogP contribution in [0.15, 0.2) is 6.20 Å². The summed E-state index contributed by atoms with van der Waals surface area (Å²) >= 11 is 0. The van der Waals surface area contributed by atoms with Gasteiger partial charge in [-0.25, -0.2) is 9.78 Å². The van der Waals surface area contributed by atoms with E-state index in [2.05, 4.69) is 10.3 Å². The third-order valence-corrected chi connectivity index (χ3v) is 3.89. The highest BCUT2D eigenvalue weighted by atomic mass is 19.4. The topological polar surface area (TPSA) is 87.5 Å². The molecule has 134 valence electrons. The molecule has 24 heavy (non-hydrogen) atoms. The molecule has 1 atom stereocenters. The smallest absolute Gasteiger partial charge is 0.434 e. The molecule has 0 aromatic carbocycles. The minimum absolute atomic E-state index is 0.00988. The van der Waals surface area contributed by atoms with Crippen LogP contribution >= 0.6 is 0 Å². The first kappa shape index (κ1) is 18.1. The number of amides is 2. The van der Waals surface area contributed by atoms with Crippen molar-refractivity contribution in [1.82, 2.24) is 19.8 Å². The van der Waals surface area contributed by atoms with Crippen molar-refractivity contribution in [2.45, 2.75) is 31.4 Å². The molecule has 1 aliphatic heterocycles. The molecule has 0 aliphatic carbocycles. The molecule has 1 fully saturated rings. The summed E-state index contributed by atoms with van der Waals surface area (Å²) in [5, 5.41) is 11.1. The van der Waals surface area contributed by atoms with Crippen molar-refractivity contribution in [3.8, 4) is 0 Å². The minimum Gasteiger partial charge on any atom is -0.481 e. The van der Waals surface area contributed by atoms with Crippen molar-refractivity contribution >= 4 is 12.0 Å². The number of nitrogens with zero attached hydrogens (tertiary/aromatic N) is 3. The van der Waals surface area contributed by atoms with Gasteiger partial charge in [0.25, 0.3) is 0 Å². The molecule has 1 saturated heterocycles. The number of hydrogen-bond donors (Lipinski definition) is 2. The molecule has 0 spiro atoms. The number of alkyl halides is 3. The highest BCUT2D eigenvalue weighted by molar-refractivity contribution is 5.75. The predicted molar refractivity (Wildman–Crippen MR) is 77.4 cm³/mol. The lowest BCUT2D eigenvalue weighted by Crippen LogP contribution is -2.45. The normalized spacial score (nSPS) is 18.5. The number of aliphatic carboxylic acids is 1. The fourth-order valence-electron chi connectivity index (χ4n) is 2.76. The van der Waals surface area contributed by atoms with Gasteiger partial charge in [-0.15, -0.1) is 0 Å². The van der Waals surface area contributed by atoms with Gasteiger partial charge in [-0.05, 0) is 12.8 Å². The summed E-state index contributed by atoms with van der Waals surface area (Å²) in [5.41, 5.74) is -0.942. The first-order valence-electron chi connectivity index (χ1n) is 7.53. The summed E-state index contributed by atoms with van der Waals surface area (Å²) in [5.74, 6) is -1.00. The Balaban J connectivity index is 2.01. The van der Waals surface area contributed by atoms with Crippen LogP contribution in [-0.4, -0.2) is 51.2 Å². The van der Waals surface area contributed by atoms with E-state index in [0.717, 1.165) is 6.20 Å². The number of likely N-dealkylation sites (tertiary alicyclic amines) is 1. The molecule has 1 aromatic heterocycles. The molecule has 7 nitrogen and oxygen atoms in total. The molecule has 2 heterocycles. The molecule has 0 saturated carbocycles. The van der Waals surface area contributed by atoms with Gasteiger partial charge < -0.3 is 19.9 Å². The zero-order valence-electron chi connectivity index (χ0n) is 13.1. The number of halogens is 3. The zero-order chi connectivity index (χ0) is 17.9. The minimum atomic E-state index is -4.50. The highest BCUT2D eigenvalue weighted by Gasteiger charge is 2.36. The number of piperidine rings is 1. The number of urea groups is 1. The van der Waals surface area contributed by atoms with E-state index in [-0.39, 0.29) is 25.4 Å². The second kappa shape index (κ2) is 7.10. The van der Waals surface area contributed by atoms with Crippen LogP contribution < -0.4 is 5.32 Å². The number of rotatable bonds is 4. The van der Waals surface area contributed by atoms with Gasteiger partial charge in [0, 0.05) is 38.8 Å². The van der Waals surface area contributed by atoms with E-state index < -0.39 is 23.9 Å². The fraction of sp³-hybridized carbons (Fsp3) is 0.643. The third kappa shape index (κ3) is 4.39. The highest BCUT2D eigenvalue weighted by Crippen LogP contribution is 2.32. The second-order valence-electron chi connectivity index (χ2n) is 5.75. The Morgan fingerprint density at radius 3 is 2.75 bits per heavy atom. The van der Waals surface area contributed by atoms with Crippen molar-refractivity contribution < 1.29 is 27.9 Å². The number of nitrogens with one attached hydrogen (secondary N) is 1. The number of aromatic nitrogens is 2. The van der Waals surface area contributed by atoms with Crippen LogP contribution in [0.25, 0.3) is 0 Å². The van der Waals surface area contributed by atoms with Gasteiger partial charge in [-0.3, -0.25) is 4.79 Å². The maximum Gasteiger partial charge on any atom is 0.434 e. The second-order valence-corrected chi connectivity index (χ2v) is 5.75. The number of hydrogen-bond acceptors (Lipinski definition) is 3. The van der Waals surface area contributed by atoms with Gasteiger partial charge in [-0.2, -0.15) is 13.2 Å². The Morgan fingerprint density at radius 1 is 1.46 bits per heavy atom. The maximum atomic E-state index is 12.8. The summed E-state index contributed by atoms with van der Waals surface area (Å²) in [4.78, 5) is 27.6. The first-order chi connectivity index (χ1) is 11.2. The van der Waals surface area contributed by atoms with Crippen LogP contribution in [-0.2, 0) is 18.0 Å². The third-order valence-electron chi connectivity index (χ3n) is 3.89. The molecule has 2 N–H and O–H groups in total. The molecule has 0 bridgehead atoms. The molecular formula is C14H19F3N4O3. The largest absolute Gasteiger partial charge is 0.481 e. The van der Waals surface area contributed by atoms with Crippen LogP contribution in [0.5, 0.6) is 0 Å². The van der Waals surface area contributed by atoms with Gasteiger partial charge >= 0.3 is 18.2 Å². The van der Waals surface area contributed by atoms with Gasteiger partial charge in [0.1, 0.15) is 5.82 Å². The van der Waals surface area contributed by atoms with E-state index in [1.54, 1.807) is 0 Å². The van der Waals surface area contributed by atoms with Crippen molar-refractivity contribution in [3.05, 3.63) is 17.7 Å². The van der Waals surface area contributed by atoms with E-state index in [0.29, 0.717) is 25.2 Å². The molecular weight excluding hydrogens is 329 g/mol. The SMILES string of the molecule is Cn1cc(C(F)(F)F)nc1C1CCCN(C(=O)NCCC(=O)O)C1. The van der Waals surface area contributed by atoms with E-state index in [9.17, 15) is 22.8 Å². The monoisotopic (exact) mass is 348 g/mol. The number of carbonyl (C=O) groups excluding carboxylic acids is 1. The van der Waals surface area contributed by atoms with E-state index in [4.69, 9.17) is 5.11 Å². The number of carbonyl (C=O) groups is 2. The van der Waals surface area contributed by atoms with Gasteiger partial charge in [0.05, 0.1) is 6.42 Å². The lowest BCUT2D eigenvalue weighted by Gasteiger charge is -2.32. The molecule has 10 heteroatoms. The van der Waals surface area contributed by atoms with Gasteiger partial charge in [-0.1, -0.05) is 0 Å². The maximum absolute atomic E-state index is 12.8. The van der Waals surface area contributed by atoms with Gasteiger partial charge in [0.2, 0.25) is 0 Å². The fourth-order valence-corrected chi connectivity index (χ4v) is 2.76. The summed E-state index contributed by atoms with van der Waals surface area (Å²) in [7, 11) is 1.50. The van der Waals surface area contributed by atoms with E-state index in [1.165, 1.54) is 16.5 Å². The average Bonchev–Trinajstić information content (AvgIpc) is 2.89. The quantitative estimate of drug-likeness (QED) is 0.869. The van der Waals surface area contributed by atoms with E-state index >= 15 is 0 Å². The average molecular weight is 348 g/mol. The molecule has 0 radical (unpaired) electrons. The Morgan fingerprint density at radius 2 is 2.17 bits per heavy atom. The summed E-state index contributed by atoms with van der Waals surface area (Å²) in [6.45, 7) is 0.739. The predicted octanol–water partition coefficient (Wildman–Crippen LogP) is 1.80. The van der Waals surface area contributed by atoms with Gasteiger partial charge in [0.15, 0.2) is 5.69 Å². The molecule has 1 unspecified atom stereocenters. The standard InChI is InChI=1S/C14H19F3N4O3/c1-20-8-10(14(15,16)17)19-12(20)9-3-2-6-21(7-9)13(24)18-5-4-11(22)23/h8-9H,2-7H2,1H3,(H,18,24)(H,22,23). The zero-order valence-corrected chi connectivity index (χ0v) is 13.1. The lowest BCUT2D eigenvalue weighted by molar-refractivity contribution is -0.141. The Labute approximate surface area is 136 Å². The van der Waals surface area contributed by atoms with E-state index in [1.807, 2.05) is 0 Å². The van der Waals surface area contributed by atoms with Crippen LogP contribution in [0.2, 0.25) is 0 Å². The Hall–Kier alpha value is -2.26. The number of carboxylic acid groups (broad SMARTS) is 1. The van der Waals surface area contributed by atoms with Crippen molar-refractivity contribution in [2.24, 2.45) is 7.05 Å². The van der Waals surface area contributed by atoms with Crippen molar-refractivity contribution in [1.29, 1.82) is 0 Å². The Bertz CT molecular complexity index is 615. The number of carboxylic acids is 1. The molecule has 1 aromatic rings. The van der Waals surface area contributed by atoms with Crippen molar-refractivity contribution in [2.75, 3.05) is 19.6 Å². The van der Waals surface area contributed by atoms with Crippen LogP contribution in [0.4, 0.5) is 18.0 Å². The van der Waals surface area contributed by atoms with Crippen molar-refractivity contribution in [3.63, 3.8) is 0 Å². The van der Waals surface area contributed by atoms with Crippen LogP contribution in [0, 0.1) is 0 Å². The summed E-state index contributed by atoms with van der Waals surface area (Å²) in [6, 6.07) is -0.411. The molecule has 1 aliphatic rings. The van der Waals surface area contributed by atoms with Crippen LogP contribution in [0.3, 0.4) is 0 Å². The number of aryl methyl sites for hydroxylation is 1. The lowest BCUT2D eigenvalue weighted by atomic mass is 9.97. The Kier molecular flexibility index (Phi) is 5.35. The molecule has 2 rings (SSSR count). The molecule has 2 amide bonds. The summed E-state index contributed by atoms with van der Waals surface area (Å²) in [6.07, 6.45) is -2.45.